The Morgan fingerprint density at radius 3 is 2.39 bits per heavy atom. The summed E-state index contributed by atoms with van der Waals surface area (Å²) in [5.41, 5.74) is -0.396. The van der Waals surface area contributed by atoms with Gasteiger partial charge in [-0.25, -0.2) is 0 Å². The van der Waals surface area contributed by atoms with Gasteiger partial charge in [0.1, 0.15) is 0 Å². The Kier molecular flexibility index (Phi) is 5.14. The third-order valence-electron chi connectivity index (χ3n) is 4.02. The molecule has 3 atom stereocenters. The molecule has 0 saturated heterocycles. The third kappa shape index (κ3) is 3.70. The molecule has 0 aromatic carbocycles. The maximum absolute atomic E-state index is 12.1. The molecule has 1 aliphatic rings. The zero-order valence-electron chi connectivity index (χ0n) is 11.1. The van der Waals surface area contributed by atoms with Crippen molar-refractivity contribution in [2.24, 2.45) is 11.8 Å². The van der Waals surface area contributed by atoms with Gasteiger partial charge in [-0.15, -0.1) is 0 Å². The van der Waals surface area contributed by atoms with Crippen molar-refractivity contribution in [3.05, 3.63) is 0 Å². The summed E-state index contributed by atoms with van der Waals surface area (Å²) in [7, 11) is 0. The Morgan fingerprint density at radius 2 is 1.94 bits per heavy atom. The second kappa shape index (κ2) is 6.18. The monoisotopic (exact) mass is 257 g/mol. The molecule has 1 fully saturated rings. The SMILES string of the molecule is CCC(C)(CCO)NC(=O)[C@@H]1CC[C@H](C(=O)O)C1. The molecule has 104 valence electrons. The average Bonchev–Trinajstić information content (AvgIpc) is 2.78. The fraction of sp³-hybridized carbons (Fsp3) is 0.846. The van der Waals surface area contributed by atoms with Crippen LogP contribution in [0.4, 0.5) is 0 Å². The molecule has 1 amide bonds. The average molecular weight is 257 g/mol. The number of aliphatic hydroxyl groups excluding tert-OH is 1. The molecule has 1 saturated carbocycles. The van der Waals surface area contributed by atoms with Crippen molar-refractivity contribution in [3.8, 4) is 0 Å². The fourth-order valence-corrected chi connectivity index (χ4v) is 2.42. The summed E-state index contributed by atoms with van der Waals surface area (Å²) in [6.45, 7) is 3.91. The fourth-order valence-electron chi connectivity index (χ4n) is 2.42. The van der Waals surface area contributed by atoms with E-state index in [-0.39, 0.29) is 24.3 Å². The van der Waals surface area contributed by atoms with E-state index in [2.05, 4.69) is 5.32 Å². The molecular formula is C13H23NO4. The molecule has 18 heavy (non-hydrogen) atoms. The van der Waals surface area contributed by atoms with Crippen molar-refractivity contribution in [2.45, 2.75) is 51.5 Å². The lowest BCUT2D eigenvalue weighted by Gasteiger charge is -2.30. The number of carbonyl (C=O) groups is 2. The first kappa shape index (κ1) is 15.0. The van der Waals surface area contributed by atoms with Crippen molar-refractivity contribution in [3.63, 3.8) is 0 Å². The molecule has 0 aliphatic heterocycles. The Labute approximate surface area is 108 Å². The second-order valence-electron chi connectivity index (χ2n) is 5.42. The highest BCUT2D eigenvalue weighted by molar-refractivity contribution is 5.81. The van der Waals surface area contributed by atoms with Crippen LogP contribution in [0.1, 0.15) is 46.0 Å². The van der Waals surface area contributed by atoms with E-state index in [1.807, 2.05) is 13.8 Å². The van der Waals surface area contributed by atoms with Crippen LogP contribution in [0.3, 0.4) is 0 Å². The predicted octanol–water partition coefficient (Wildman–Crippen LogP) is 1.15. The van der Waals surface area contributed by atoms with Gasteiger partial charge in [0.2, 0.25) is 5.91 Å². The van der Waals surface area contributed by atoms with Gasteiger partial charge in [0.25, 0.3) is 0 Å². The summed E-state index contributed by atoms with van der Waals surface area (Å²) in [6, 6.07) is 0. The van der Waals surface area contributed by atoms with E-state index in [1.165, 1.54) is 0 Å². The molecule has 1 rings (SSSR count). The van der Waals surface area contributed by atoms with Gasteiger partial charge in [-0.05, 0) is 39.0 Å². The van der Waals surface area contributed by atoms with Crippen LogP contribution in [-0.2, 0) is 9.59 Å². The van der Waals surface area contributed by atoms with E-state index in [1.54, 1.807) is 0 Å². The van der Waals surface area contributed by atoms with Gasteiger partial charge in [-0.1, -0.05) is 6.92 Å². The van der Waals surface area contributed by atoms with Gasteiger partial charge in [0, 0.05) is 18.1 Å². The smallest absolute Gasteiger partial charge is 0.306 e. The summed E-state index contributed by atoms with van der Waals surface area (Å²) < 4.78 is 0. The standard InChI is InChI=1S/C13H23NO4/c1-3-13(2,6-7-15)14-11(16)9-4-5-10(8-9)12(17)18/h9-10,15H,3-8H2,1-2H3,(H,14,16)(H,17,18)/t9-,10+,13?/m1/s1. The number of carboxylic acids is 1. The van der Waals surface area contributed by atoms with E-state index < -0.39 is 11.5 Å². The van der Waals surface area contributed by atoms with E-state index in [0.29, 0.717) is 25.7 Å². The Morgan fingerprint density at radius 1 is 1.33 bits per heavy atom. The van der Waals surface area contributed by atoms with Gasteiger partial charge >= 0.3 is 5.97 Å². The number of hydrogen-bond acceptors (Lipinski definition) is 3. The minimum Gasteiger partial charge on any atom is -0.481 e. The number of carboxylic acid groups (broad SMARTS) is 1. The minimum absolute atomic E-state index is 0.0348. The minimum atomic E-state index is -0.807. The first-order valence-electron chi connectivity index (χ1n) is 6.57. The molecule has 0 radical (unpaired) electrons. The Bertz CT molecular complexity index is 318. The maximum atomic E-state index is 12.1. The highest BCUT2D eigenvalue weighted by Crippen LogP contribution is 2.31. The number of nitrogens with one attached hydrogen (secondary N) is 1. The van der Waals surface area contributed by atoms with Gasteiger partial charge in [-0.3, -0.25) is 9.59 Å². The predicted molar refractivity (Wildman–Crippen MR) is 67.0 cm³/mol. The molecule has 0 spiro atoms. The number of rotatable bonds is 6. The topological polar surface area (TPSA) is 86.6 Å². The zero-order valence-corrected chi connectivity index (χ0v) is 11.1. The first-order valence-corrected chi connectivity index (χ1v) is 6.57. The summed E-state index contributed by atoms with van der Waals surface area (Å²) in [6.07, 6.45) is 2.91. The number of amides is 1. The van der Waals surface area contributed by atoms with Crippen LogP contribution in [0.15, 0.2) is 0 Å². The summed E-state index contributed by atoms with van der Waals surface area (Å²) >= 11 is 0. The Hall–Kier alpha value is -1.10. The summed E-state index contributed by atoms with van der Waals surface area (Å²) in [5.74, 6) is -1.46. The molecule has 1 unspecified atom stereocenters. The zero-order chi connectivity index (χ0) is 13.8. The van der Waals surface area contributed by atoms with Gasteiger partial charge in [0.05, 0.1) is 5.92 Å². The largest absolute Gasteiger partial charge is 0.481 e. The van der Waals surface area contributed by atoms with Crippen molar-refractivity contribution >= 4 is 11.9 Å². The molecule has 0 aromatic heterocycles. The van der Waals surface area contributed by atoms with Crippen LogP contribution in [0.25, 0.3) is 0 Å². The molecule has 5 heteroatoms. The third-order valence-corrected chi connectivity index (χ3v) is 4.02. The maximum Gasteiger partial charge on any atom is 0.306 e. The number of aliphatic carboxylic acids is 1. The molecule has 1 aliphatic carbocycles. The molecule has 3 N–H and O–H groups in total. The lowest BCUT2D eigenvalue weighted by atomic mass is 9.93. The van der Waals surface area contributed by atoms with E-state index in [0.717, 1.165) is 6.42 Å². The lowest BCUT2D eigenvalue weighted by molar-refractivity contribution is -0.141. The molecule has 0 heterocycles. The van der Waals surface area contributed by atoms with E-state index in [4.69, 9.17) is 10.2 Å². The van der Waals surface area contributed by atoms with Crippen LogP contribution in [0.5, 0.6) is 0 Å². The van der Waals surface area contributed by atoms with Crippen molar-refractivity contribution in [1.82, 2.24) is 5.32 Å². The Balaban J connectivity index is 2.53. The quantitative estimate of drug-likeness (QED) is 0.666. The van der Waals surface area contributed by atoms with Crippen molar-refractivity contribution < 1.29 is 19.8 Å². The van der Waals surface area contributed by atoms with E-state index >= 15 is 0 Å². The number of carbonyl (C=O) groups excluding carboxylic acids is 1. The molecule has 5 nitrogen and oxygen atoms in total. The normalized spacial score (nSPS) is 26.6. The molecule has 0 aromatic rings. The molecule has 0 bridgehead atoms. The van der Waals surface area contributed by atoms with Gasteiger partial charge in [0.15, 0.2) is 0 Å². The number of hydrogen-bond donors (Lipinski definition) is 3. The van der Waals surface area contributed by atoms with Crippen LogP contribution in [0, 0.1) is 11.8 Å². The second-order valence-corrected chi connectivity index (χ2v) is 5.42. The summed E-state index contributed by atoms with van der Waals surface area (Å²) in [5, 5.41) is 20.9. The van der Waals surface area contributed by atoms with Gasteiger partial charge in [-0.2, -0.15) is 0 Å². The number of aliphatic hydroxyl groups is 1. The van der Waals surface area contributed by atoms with Crippen LogP contribution in [-0.4, -0.2) is 34.2 Å². The highest BCUT2D eigenvalue weighted by Gasteiger charge is 2.36. The van der Waals surface area contributed by atoms with Crippen LogP contribution < -0.4 is 5.32 Å². The highest BCUT2D eigenvalue weighted by atomic mass is 16.4. The lowest BCUT2D eigenvalue weighted by Crippen LogP contribution is -2.48. The first-order chi connectivity index (χ1) is 8.41. The van der Waals surface area contributed by atoms with Crippen molar-refractivity contribution in [1.29, 1.82) is 0 Å². The van der Waals surface area contributed by atoms with Crippen LogP contribution in [0.2, 0.25) is 0 Å². The van der Waals surface area contributed by atoms with E-state index in [9.17, 15) is 9.59 Å². The van der Waals surface area contributed by atoms with Crippen LogP contribution >= 0.6 is 0 Å². The van der Waals surface area contributed by atoms with Crippen molar-refractivity contribution in [2.75, 3.05) is 6.61 Å². The molecular weight excluding hydrogens is 234 g/mol. The summed E-state index contributed by atoms with van der Waals surface area (Å²) in [4.78, 5) is 22.9. The van der Waals surface area contributed by atoms with Gasteiger partial charge < -0.3 is 15.5 Å².